The minimum absolute atomic E-state index is 0.0142. The Morgan fingerprint density at radius 1 is 1.19 bits per heavy atom. The molecule has 0 bridgehead atoms. The lowest BCUT2D eigenvalue weighted by molar-refractivity contribution is -0.129. The van der Waals surface area contributed by atoms with Gasteiger partial charge in [-0.25, -0.2) is 0 Å². The number of hydrogen-bond donors (Lipinski definition) is 2. The first-order valence-corrected chi connectivity index (χ1v) is 9.68. The molecule has 144 valence electrons. The largest absolute Gasteiger partial charge is 0.495 e. The van der Waals surface area contributed by atoms with Gasteiger partial charge in [0.2, 0.25) is 11.8 Å². The molecule has 0 aromatic heterocycles. The van der Waals surface area contributed by atoms with Crippen LogP contribution in [0.25, 0.3) is 0 Å². The second kappa shape index (κ2) is 9.26. The number of rotatable bonds is 6. The summed E-state index contributed by atoms with van der Waals surface area (Å²) < 4.78 is 5.31. The molecule has 0 heterocycles. The van der Waals surface area contributed by atoms with Crippen LogP contribution in [0.1, 0.15) is 51.5 Å². The number of halogens is 1. The number of amides is 2. The zero-order chi connectivity index (χ0) is 19.3. The molecule has 1 unspecified atom stereocenters. The van der Waals surface area contributed by atoms with Crippen molar-refractivity contribution in [1.82, 2.24) is 5.32 Å². The van der Waals surface area contributed by atoms with Crippen molar-refractivity contribution in [1.29, 1.82) is 0 Å². The Balaban J connectivity index is 1.93. The molecule has 6 heteroatoms. The average molecular weight is 381 g/mol. The van der Waals surface area contributed by atoms with Gasteiger partial charge in [0.15, 0.2) is 0 Å². The van der Waals surface area contributed by atoms with Crippen LogP contribution in [-0.4, -0.2) is 25.0 Å². The molecular weight excluding hydrogens is 352 g/mol. The number of aryl methyl sites for hydroxylation is 1. The van der Waals surface area contributed by atoms with E-state index in [1.807, 2.05) is 19.9 Å². The average Bonchev–Trinajstić information content (AvgIpc) is 2.64. The van der Waals surface area contributed by atoms with E-state index in [0.29, 0.717) is 16.5 Å². The minimum Gasteiger partial charge on any atom is -0.495 e. The van der Waals surface area contributed by atoms with E-state index >= 15 is 0 Å². The Morgan fingerprint density at radius 3 is 2.31 bits per heavy atom. The summed E-state index contributed by atoms with van der Waals surface area (Å²) in [7, 11) is 1.55. The van der Waals surface area contributed by atoms with Crippen LogP contribution in [0.3, 0.4) is 0 Å². The Kier molecular flexibility index (Phi) is 7.33. The third-order valence-corrected chi connectivity index (χ3v) is 5.62. The summed E-state index contributed by atoms with van der Waals surface area (Å²) in [6, 6.07) is 3.73. The molecule has 2 rings (SSSR count). The highest BCUT2D eigenvalue weighted by atomic mass is 35.5. The number of benzene rings is 1. The molecule has 2 amide bonds. The first-order valence-electron chi connectivity index (χ1n) is 9.31. The molecule has 5 nitrogen and oxygen atoms in total. The van der Waals surface area contributed by atoms with Crippen molar-refractivity contribution in [3.8, 4) is 5.75 Å². The van der Waals surface area contributed by atoms with Crippen LogP contribution in [0.4, 0.5) is 5.69 Å². The second-order valence-electron chi connectivity index (χ2n) is 7.16. The van der Waals surface area contributed by atoms with Crippen LogP contribution in [0.5, 0.6) is 5.75 Å². The van der Waals surface area contributed by atoms with E-state index in [9.17, 15) is 9.59 Å². The van der Waals surface area contributed by atoms with E-state index in [1.165, 1.54) is 0 Å². The maximum Gasteiger partial charge on any atom is 0.227 e. The summed E-state index contributed by atoms with van der Waals surface area (Å²) >= 11 is 6.11. The molecule has 1 fully saturated rings. The van der Waals surface area contributed by atoms with Gasteiger partial charge >= 0.3 is 0 Å². The van der Waals surface area contributed by atoms with E-state index < -0.39 is 0 Å². The molecule has 1 saturated carbocycles. The van der Waals surface area contributed by atoms with E-state index in [-0.39, 0.29) is 29.7 Å². The molecule has 1 aliphatic rings. The van der Waals surface area contributed by atoms with Crippen molar-refractivity contribution in [2.24, 2.45) is 11.8 Å². The minimum atomic E-state index is -0.0802. The lowest BCUT2D eigenvalue weighted by atomic mass is 9.81. The van der Waals surface area contributed by atoms with Gasteiger partial charge in [0.05, 0.1) is 12.8 Å². The van der Waals surface area contributed by atoms with Crippen molar-refractivity contribution in [3.05, 3.63) is 22.7 Å². The lowest BCUT2D eigenvalue weighted by Crippen LogP contribution is -2.39. The summed E-state index contributed by atoms with van der Waals surface area (Å²) in [6.07, 6.45) is 3.86. The van der Waals surface area contributed by atoms with Gasteiger partial charge in [-0.15, -0.1) is 0 Å². The predicted octanol–water partition coefficient (Wildman–Crippen LogP) is 4.32. The van der Waals surface area contributed by atoms with Crippen LogP contribution >= 0.6 is 11.6 Å². The van der Waals surface area contributed by atoms with E-state index in [4.69, 9.17) is 16.3 Å². The SMILES string of the molecule is CCC(C)NC(=O)C1CCC(C(=O)Nc2cc(C)c(Cl)cc2OC)CC1. The van der Waals surface area contributed by atoms with E-state index in [2.05, 4.69) is 17.6 Å². The van der Waals surface area contributed by atoms with Crippen LogP contribution in [0.2, 0.25) is 5.02 Å². The topological polar surface area (TPSA) is 67.4 Å². The zero-order valence-corrected chi connectivity index (χ0v) is 16.8. The summed E-state index contributed by atoms with van der Waals surface area (Å²) in [5.41, 5.74) is 1.52. The third kappa shape index (κ3) is 5.13. The van der Waals surface area contributed by atoms with Crippen molar-refractivity contribution in [2.75, 3.05) is 12.4 Å². The van der Waals surface area contributed by atoms with Crippen LogP contribution in [0, 0.1) is 18.8 Å². The lowest BCUT2D eigenvalue weighted by Gasteiger charge is -2.28. The van der Waals surface area contributed by atoms with Gasteiger partial charge in [0, 0.05) is 29.0 Å². The fourth-order valence-corrected chi connectivity index (χ4v) is 3.40. The van der Waals surface area contributed by atoms with Gasteiger partial charge in [-0.3, -0.25) is 9.59 Å². The molecule has 0 aliphatic heterocycles. The van der Waals surface area contributed by atoms with Crippen LogP contribution < -0.4 is 15.4 Å². The molecule has 1 aromatic rings. The third-order valence-electron chi connectivity index (χ3n) is 5.21. The Bertz CT molecular complexity index is 655. The quantitative estimate of drug-likeness (QED) is 0.772. The van der Waals surface area contributed by atoms with Gasteiger partial charge in [-0.1, -0.05) is 18.5 Å². The van der Waals surface area contributed by atoms with Crippen LogP contribution in [-0.2, 0) is 9.59 Å². The zero-order valence-electron chi connectivity index (χ0n) is 16.0. The van der Waals surface area contributed by atoms with Crippen molar-refractivity contribution in [3.63, 3.8) is 0 Å². The first-order chi connectivity index (χ1) is 12.3. The normalized spacial score (nSPS) is 21.0. The number of ether oxygens (including phenoxy) is 1. The summed E-state index contributed by atoms with van der Waals surface area (Å²) in [4.78, 5) is 24.9. The first kappa shape index (κ1) is 20.6. The molecule has 0 radical (unpaired) electrons. The Morgan fingerprint density at radius 2 is 1.77 bits per heavy atom. The van der Waals surface area contributed by atoms with E-state index in [1.54, 1.807) is 13.2 Å². The predicted molar refractivity (Wildman–Crippen MR) is 105 cm³/mol. The molecule has 0 spiro atoms. The standard InChI is InChI=1S/C20H29ClN2O3/c1-5-13(3)22-19(24)14-6-8-15(9-7-14)20(25)23-17-10-12(2)16(21)11-18(17)26-4/h10-11,13-15H,5-9H2,1-4H3,(H,22,24)(H,23,25). The van der Waals surface area contributed by atoms with Crippen molar-refractivity contribution in [2.45, 2.75) is 58.9 Å². The van der Waals surface area contributed by atoms with Gasteiger partial charge in [0.1, 0.15) is 5.75 Å². The summed E-state index contributed by atoms with van der Waals surface area (Å²) in [5.74, 6) is 0.582. The molecular formula is C20H29ClN2O3. The number of methoxy groups -OCH3 is 1. The maximum atomic E-state index is 12.6. The smallest absolute Gasteiger partial charge is 0.227 e. The number of carbonyl (C=O) groups is 2. The van der Waals surface area contributed by atoms with Crippen molar-refractivity contribution < 1.29 is 14.3 Å². The van der Waals surface area contributed by atoms with Crippen LogP contribution in [0.15, 0.2) is 12.1 Å². The van der Waals surface area contributed by atoms with Gasteiger partial charge < -0.3 is 15.4 Å². The van der Waals surface area contributed by atoms with Gasteiger partial charge in [-0.05, 0) is 57.6 Å². The number of nitrogens with one attached hydrogen (secondary N) is 2. The molecule has 2 N–H and O–H groups in total. The number of hydrogen-bond acceptors (Lipinski definition) is 3. The van der Waals surface area contributed by atoms with Crippen molar-refractivity contribution >= 4 is 29.1 Å². The maximum absolute atomic E-state index is 12.6. The molecule has 1 aromatic carbocycles. The second-order valence-corrected chi connectivity index (χ2v) is 7.56. The van der Waals surface area contributed by atoms with Gasteiger partial charge in [0.25, 0.3) is 0 Å². The van der Waals surface area contributed by atoms with E-state index in [0.717, 1.165) is 37.7 Å². The Hall–Kier alpha value is -1.75. The highest BCUT2D eigenvalue weighted by Gasteiger charge is 2.30. The van der Waals surface area contributed by atoms with Gasteiger partial charge in [-0.2, -0.15) is 0 Å². The number of carbonyl (C=O) groups excluding carboxylic acids is 2. The molecule has 26 heavy (non-hydrogen) atoms. The number of anilines is 1. The molecule has 1 atom stereocenters. The molecule has 0 saturated heterocycles. The Labute approximate surface area is 160 Å². The monoisotopic (exact) mass is 380 g/mol. The fourth-order valence-electron chi connectivity index (χ4n) is 3.25. The summed E-state index contributed by atoms with van der Waals surface area (Å²) in [6.45, 7) is 5.95. The highest BCUT2D eigenvalue weighted by Crippen LogP contribution is 2.34. The molecule has 1 aliphatic carbocycles. The highest BCUT2D eigenvalue weighted by molar-refractivity contribution is 6.31. The summed E-state index contributed by atoms with van der Waals surface area (Å²) in [5, 5.41) is 6.61. The fraction of sp³-hybridized carbons (Fsp3) is 0.600.